The predicted octanol–water partition coefficient (Wildman–Crippen LogP) is 3.43. The van der Waals surface area contributed by atoms with Crippen molar-refractivity contribution in [3.63, 3.8) is 0 Å². The number of ether oxygens (including phenoxy) is 1. The molecule has 2 aromatic rings. The van der Waals surface area contributed by atoms with Gasteiger partial charge in [0.2, 0.25) is 0 Å². The summed E-state index contributed by atoms with van der Waals surface area (Å²) in [6.07, 6.45) is -1.64. The number of benzene rings is 2. The summed E-state index contributed by atoms with van der Waals surface area (Å²) >= 11 is 0. The topological polar surface area (TPSA) is 29.6 Å². The van der Waals surface area contributed by atoms with Crippen LogP contribution < -0.4 is 0 Å². The number of Topliss-reactive ketones (excluding diaryl/α,β-unsaturated/α-hetero) is 1. The van der Waals surface area contributed by atoms with E-state index in [0.29, 0.717) is 6.07 Å². The van der Waals surface area contributed by atoms with E-state index in [2.05, 4.69) is 0 Å². The number of halogens is 3. The van der Waals surface area contributed by atoms with E-state index in [0.717, 1.165) is 12.1 Å². The summed E-state index contributed by atoms with van der Waals surface area (Å²) in [6, 6.07) is 8.61. The maximum absolute atomic E-state index is 13.5. The lowest BCUT2D eigenvalue weighted by Gasteiger charge is -2.00. The van der Waals surface area contributed by atoms with E-state index >= 15 is 0 Å². The summed E-state index contributed by atoms with van der Waals surface area (Å²) < 4.78 is 45.0. The monoisotopic (exact) mass is 278 g/mol. The smallest absolute Gasteiger partial charge is 0.197 e. The first-order chi connectivity index (χ1) is 9.58. The van der Waals surface area contributed by atoms with Crippen molar-refractivity contribution in [1.82, 2.24) is 0 Å². The first kappa shape index (κ1) is 12.9. The second-order valence-corrected chi connectivity index (χ2v) is 4.49. The maximum atomic E-state index is 13.5. The molecule has 3 rings (SSSR count). The van der Waals surface area contributed by atoms with Gasteiger partial charge in [0.25, 0.3) is 0 Å². The van der Waals surface area contributed by atoms with Gasteiger partial charge in [0.15, 0.2) is 11.9 Å². The molecule has 102 valence electrons. The first-order valence-corrected chi connectivity index (χ1v) is 5.97. The lowest BCUT2D eigenvalue weighted by Crippen LogP contribution is -2.11. The minimum atomic E-state index is -0.946. The van der Waals surface area contributed by atoms with Crippen molar-refractivity contribution in [2.45, 2.75) is 12.2 Å². The molecule has 0 amide bonds. The normalized spacial score (nSPS) is 20.8. The van der Waals surface area contributed by atoms with Gasteiger partial charge in [-0.05, 0) is 18.2 Å². The second kappa shape index (κ2) is 4.76. The highest BCUT2D eigenvalue weighted by molar-refractivity contribution is 6.01. The van der Waals surface area contributed by atoms with Crippen molar-refractivity contribution < 1.29 is 22.7 Å². The van der Waals surface area contributed by atoms with Crippen LogP contribution in [0.15, 0.2) is 42.5 Å². The fourth-order valence-corrected chi connectivity index (χ4v) is 2.10. The summed E-state index contributed by atoms with van der Waals surface area (Å²) in [5.41, 5.74) is 0.00334. The standard InChI is InChI=1S/C15H9F3O2/c16-8-5-6-9(12(18)7-8)13(19)15-14(20-15)10-3-1-2-4-11(10)17/h1-7,14-15H/t14-,15-/m0/s1. The van der Waals surface area contributed by atoms with Gasteiger partial charge >= 0.3 is 0 Å². The molecule has 0 saturated carbocycles. The van der Waals surface area contributed by atoms with Crippen LogP contribution in [0.1, 0.15) is 22.0 Å². The summed E-state index contributed by atoms with van der Waals surface area (Å²) in [5.74, 6) is -2.80. The van der Waals surface area contributed by atoms with Crippen LogP contribution in [0.4, 0.5) is 13.2 Å². The van der Waals surface area contributed by atoms with Gasteiger partial charge in [-0.1, -0.05) is 18.2 Å². The van der Waals surface area contributed by atoms with E-state index in [1.165, 1.54) is 18.2 Å². The van der Waals surface area contributed by atoms with Gasteiger partial charge in [-0.2, -0.15) is 0 Å². The Kier molecular flexibility index (Phi) is 3.06. The summed E-state index contributed by atoms with van der Waals surface area (Å²) in [7, 11) is 0. The Morgan fingerprint density at radius 3 is 2.45 bits per heavy atom. The highest BCUT2D eigenvalue weighted by atomic mass is 19.1. The van der Waals surface area contributed by atoms with Crippen LogP contribution in [0.25, 0.3) is 0 Å². The third-order valence-electron chi connectivity index (χ3n) is 3.16. The molecule has 0 unspecified atom stereocenters. The summed E-state index contributed by atoms with van der Waals surface area (Å²) in [4.78, 5) is 12.0. The summed E-state index contributed by atoms with van der Waals surface area (Å²) in [5, 5.41) is 0. The molecular weight excluding hydrogens is 269 g/mol. The third-order valence-corrected chi connectivity index (χ3v) is 3.16. The van der Waals surface area contributed by atoms with Crippen molar-refractivity contribution in [2.24, 2.45) is 0 Å². The van der Waals surface area contributed by atoms with Crippen LogP contribution in [-0.2, 0) is 4.74 Å². The lowest BCUT2D eigenvalue weighted by atomic mass is 10.0. The van der Waals surface area contributed by atoms with E-state index in [4.69, 9.17) is 4.74 Å². The molecule has 20 heavy (non-hydrogen) atoms. The molecule has 0 aromatic heterocycles. The van der Waals surface area contributed by atoms with Gasteiger partial charge in [-0.25, -0.2) is 13.2 Å². The molecule has 0 N–H and O–H groups in total. The highest BCUT2D eigenvalue weighted by Gasteiger charge is 2.47. The second-order valence-electron chi connectivity index (χ2n) is 4.49. The van der Waals surface area contributed by atoms with Crippen LogP contribution in [0.5, 0.6) is 0 Å². The van der Waals surface area contributed by atoms with E-state index in [1.807, 2.05) is 0 Å². The van der Waals surface area contributed by atoms with Crippen LogP contribution in [-0.4, -0.2) is 11.9 Å². The quantitative estimate of drug-likeness (QED) is 0.636. The van der Waals surface area contributed by atoms with Gasteiger partial charge in [-0.3, -0.25) is 4.79 Å². The zero-order valence-electron chi connectivity index (χ0n) is 10.1. The van der Waals surface area contributed by atoms with Gasteiger partial charge in [0, 0.05) is 11.6 Å². The Bertz CT molecular complexity index is 685. The van der Waals surface area contributed by atoms with Gasteiger partial charge in [0.05, 0.1) is 5.56 Å². The lowest BCUT2D eigenvalue weighted by molar-refractivity contribution is 0.0949. The zero-order valence-corrected chi connectivity index (χ0v) is 10.1. The third kappa shape index (κ3) is 2.20. The Hall–Kier alpha value is -2.14. The molecule has 1 fully saturated rings. The number of carbonyl (C=O) groups excluding carboxylic acids is 1. The molecule has 2 aromatic carbocycles. The SMILES string of the molecule is O=C(c1ccc(F)cc1F)[C@@H]1O[C@H]1c1ccccc1F. The molecule has 1 saturated heterocycles. The minimum absolute atomic E-state index is 0.254. The van der Waals surface area contributed by atoms with Gasteiger partial charge < -0.3 is 4.74 Å². The van der Waals surface area contributed by atoms with Crippen molar-refractivity contribution in [3.05, 3.63) is 71.0 Å². The molecule has 1 aliphatic heterocycles. The van der Waals surface area contributed by atoms with E-state index in [1.54, 1.807) is 6.07 Å². The molecule has 0 radical (unpaired) electrons. The van der Waals surface area contributed by atoms with Crippen molar-refractivity contribution >= 4 is 5.78 Å². The van der Waals surface area contributed by atoms with Crippen molar-refractivity contribution in [1.29, 1.82) is 0 Å². The number of carbonyl (C=O) groups is 1. The van der Waals surface area contributed by atoms with Crippen LogP contribution >= 0.6 is 0 Å². The van der Waals surface area contributed by atoms with Gasteiger partial charge in [0.1, 0.15) is 23.6 Å². The van der Waals surface area contributed by atoms with E-state index < -0.39 is 35.4 Å². The average Bonchev–Trinajstić information content (AvgIpc) is 3.19. The maximum Gasteiger partial charge on any atom is 0.197 e. The molecule has 0 aliphatic carbocycles. The number of rotatable bonds is 3. The fourth-order valence-electron chi connectivity index (χ4n) is 2.10. The molecule has 1 heterocycles. The molecular formula is C15H9F3O2. The number of hydrogen-bond acceptors (Lipinski definition) is 2. The molecule has 1 aliphatic rings. The Labute approximate surface area is 112 Å². The Morgan fingerprint density at radius 1 is 1.00 bits per heavy atom. The number of epoxide rings is 1. The van der Waals surface area contributed by atoms with Crippen molar-refractivity contribution in [3.8, 4) is 0 Å². The molecule has 0 spiro atoms. The molecule has 5 heteroatoms. The zero-order chi connectivity index (χ0) is 14.3. The minimum Gasteiger partial charge on any atom is -0.356 e. The first-order valence-electron chi connectivity index (χ1n) is 5.97. The Balaban J connectivity index is 1.83. The number of ketones is 1. The Morgan fingerprint density at radius 2 is 1.75 bits per heavy atom. The molecule has 2 atom stereocenters. The molecule has 0 bridgehead atoms. The van der Waals surface area contributed by atoms with Crippen LogP contribution in [0.2, 0.25) is 0 Å². The highest BCUT2D eigenvalue weighted by Crippen LogP contribution is 2.41. The van der Waals surface area contributed by atoms with Crippen LogP contribution in [0, 0.1) is 17.5 Å². The van der Waals surface area contributed by atoms with Gasteiger partial charge in [-0.15, -0.1) is 0 Å². The largest absolute Gasteiger partial charge is 0.356 e. The number of hydrogen-bond donors (Lipinski definition) is 0. The summed E-state index contributed by atoms with van der Waals surface area (Å²) in [6.45, 7) is 0. The molecule has 2 nitrogen and oxygen atoms in total. The van der Waals surface area contributed by atoms with E-state index in [-0.39, 0.29) is 11.1 Å². The van der Waals surface area contributed by atoms with E-state index in [9.17, 15) is 18.0 Å². The fraction of sp³-hybridized carbons (Fsp3) is 0.133. The predicted molar refractivity (Wildman–Crippen MR) is 64.7 cm³/mol. The average molecular weight is 278 g/mol. The van der Waals surface area contributed by atoms with Crippen molar-refractivity contribution in [2.75, 3.05) is 0 Å². The van der Waals surface area contributed by atoms with Crippen LogP contribution in [0.3, 0.4) is 0 Å².